The van der Waals surface area contributed by atoms with Crippen LogP contribution in [0.4, 0.5) is 6.01 Å². The molecule has 1 saturated carbocycles. The van der Waals surface area contributed by atoms with Gasteiger partial charge in [0.2, 0.25) is 5.89 Å². The van der Waals surface area contributed by atoms with Crippen LogP contribution in [-0.2, 0) is 0 Å². The molecule has 1 atom stereocenters. The molecule has 0 radical (unpaired) electrons. The normalized spacial score (nSPS) is 18.1. The smallest absolute Gasteiger partial charge is 0.315 e. The van der Waals surface area contributed by atoms with Gasteiger partial charge >= 0.3 is 6.01 Å². The Hall–Kier alpha value is -0.770. The van der Waals surface area contributed by atoms with Gasteiger partial charge in [-0.05, 0) is 19.3 Å². The molecule has 5 heteroatoms. The molecular weight excluding hydrogens is 202 g/mol. The number of hydrogen-bond donors (Lipinski definition) is 1. The topological polar surface area (TPSA) is 51.0 Å². The molecular formula is C9H14ClN3O. The van der Waals surface area contributed by atoms with E-state index >= 15 is 0 Å². The third-order valence-corrected chi connectivity index (χ3v) is 2.49. The molecule has 0 saturated heterocycles. The predicted octanol–water partition coefficient (Wildman–Crippen LogP) is 2.58. The first-order valence-corrected chi connectivity index (χ1v) is 5.40. The zero-order valence-corrected chi connectivity index (χ0v) is 8.92. The molecule has 0 bridgehead atoms. The Morgan fingerprint density at radius 1 is 1.57 bits per heavy atom. The molecule has 1 N–H and O–H groups in total. The molecule has 0 amide bonds. The average Bonchev–Trinajstić information content (AvgIpc) is 2.82. The van der Waals surface area contributed by atoms with Crippen LogP contribution in [0, 0.1) is 5.92 Å². The van der Waals surface area contributed by atoms with Crippen molar-refractivity contribution in [3.05, 3.63) is 5.89 Å². The molecule has 0 aromatic carbocycles. The van der Waals surface area contributed by atoms with Crippen LogP contribution >= 0.6 is 11.6 Å². The number of nitrogens with one attached hydrogen (secondary N) is 1. The molecule has 1 aliphatic rings. The number of aromatic nitrogens is 2. The Balaban J connectivity index is 1.77. The second kappa shape index (κ2) is 4.17. The Bertz CT molecular complexity index is 296. The molecule has 0 spiro atoms. The van der Waals surface area contributed by atoms with Gasteiger partial charge < -0.3 is 9.73 Å². The minimum absolute atomic E-state index is 0.221. The number of rotatable bonds is 5. The Labute approximate surface area is 88.0 Å². The van der Waals surface area contributed by atoms with Crippen LogP contribution in [0.2, 0.25) is 0 Å². The summed E-state index contributed by atoms with van der Waals surface area (Å²) in [6, 6.07) is 0.480. The number of hydrogen-bond acceptors (Lipinski definition) is 4. The van der Waals surface area contributed by atoms with Crippen LogP contribution in [0.1, 0.15) is 37.5 Å². The van der Waals surface area contributed by atoms with Gasteiger partial charge in [0.25, 0.3) is 0 Å². The van der Waals surface area contributed by atoms with Gasteiger partial charge in [-0.25, -0.2) is 0 Å². The van der Waals surface area contributed by atoms with Crippen molar-refractivity contribution in [2.45, 2.75) is 31.6 Å². The third kappa shape index (κ3) is 2.61. The van der Waals surface area contributed by atoms with Gasteiger partial charge in [-0.1, -0.05) is 17.9 Å². The Morgan fingerprint density at radius 3 is 2.93 bits per heavy atom. The number of anilines is 1. The summed E-state index contributed by atoms with van der Waals surface area (Å²) in [6.07, 6.45) is 3.93. The monoisotopic (exact) mass is 215 g/mol. The highest BCUT2D eigenvalue weighted by atomic mass is 35.5. The van der Waals surface area contributed by atoms with E-state index < -0.39 is 0 Å². The van der Waals surface area contributed by atoms with E-state index in [4.69, 9.17) is 16.0 Å². The maximum absolute atomic E-state index is 5.79. The molecule has 78 valence electrons. The maximum atomic E-state index is 5.79. The zero-order valence-electron chi connectivity index (χ0n) is 8.16. The zero-order chi connectivity index (χ0) is 9.97. The SMILES string of the molecule is CC(Cl)c1nnc(NCCC2CC2)o1. The summed E-state index contributed by atoms with van der Waals surface area (Å²) >= 11 is 5.79. The van der Waals surface area contributed by atoms with Crippen molar-refractivity contribution in [2.75, 3.05) is 11.9 Å². The molecule has 1 aromatic rings. The van der Waals surface area contributed by atoms with E-state index in [1.807, 2.05) is 6.92 Å². The summed E-state index contributed by atoms with van der Waals surface area (Å²) in [5.41, 5.74) is 0. The first-order valence-electron chi connectivity index (χ1n) is 4.97. The first kappa shape index (κ1) is 9.77. The van der Waals surface area contributed by atoms with E-state index in [0.29, 0.717) is 11.9 Å². The summed E-state index contributed by atoms with van der Waals surface area (Å²) in [6.45, 7) is 2.71. The van der Waals surface area contributed by atoms with Crippen molar-refractivity contribution in [1.82, 2.24) is 10.2 Å². The van der Waals surface area contributed by atoms with Crippen molar-refractivity contribution in [3.8, 4) is 0 Å². The molecule has 2 rings (SSSR count). The van der Waals surface area contributed by atoms with Crippen LogP contribution in [0.3, 0.4) is 0 Å². The van der Waals surface area contributed by atoms with Crippen molar-refractivity contribution in [3.63, 3.8) is 0 Å². The number of nitrogens with zero attached hydrogens (tertiary/aromatic N) is 2. The molecule has 1 unspecified atom stereocenters. The summed E-state index contributed by atoms with van der Waals surface area (Å²) in [7, 11) is 0. The van der Waals surface area contributed by atoms with Gasteiger partial charge in [-0.3, -0.25) is 0 Å². The van der Waals surface area contributed by atoms with Gasteiger partial charge in [0, 0.05) is 6.54 Å². The van der Waals surface area contributed by atoms with Crippen LogP contribution in [0.15, 0.2) is 4.42 Å². The van der Waals surface area contributed by atoms with E-state index in [9.17, 15) is 0 Å². The van der Waals surface area contributed by atoms with E-state index in [1.165, 1.54) is 19.3 Å². The molecule has 1 heterocycles. The molecule has 14 heavy (non-hydrogen) atoms. The molecule has 0 aliphatic heterocycles. The molecule has 1 fully saturated rings. The Morgan fingerprint density at radius 2 is 2.36 bits per heavy atom. The van der Waals surface area contributed by atoms with Gasteiger partial charge in [0.05, 0.1) is 0 Å². The highest BCUT2D eigenvalue weighted by Gasteiger charge is 2.20. The second-order valence-electron chi connectivity index (χ2n) is 3.72. The largest absolute Gasteiger partial charge is 0.407 e. The quantitative estimate of drug-likeness (QED) is 0.768. The summed E-state index contributed by atoms with van der Waals surface area (Å²) in [4.78, 5) is 0. The molecule has 4 nitrogen and oxygen atoms in total. The van der Waals surface area contributed by atoms with Crippen LogP contribution in [-0.4, -0.2) is 16.7 Å². The van der Waals surface area contributed by atoms with Crippen molar-refractivity contribution in [2.24, 2.45) is 5.92 Å². The summed E-state index contributed by atoms with van der Waals surface area (Å²) in [5.74, 6) is 1.39. The lowest BCUT2D eigenvalue weighted by molar-refractivity contribution is 0.504. The number of halogens is 1. The summed E-state index contributed by atoms with van der Waals surface area (Å²) < 4.78 is 5.28. The van der Waals surface area contributed by atoms with E-state index in [0.717, 1.165) is 12.5 Å². The van der Waals surface area contributed by atoms with Gasteiger partial charge in [-0.2, -0.15) is 0 Å². The van der Waals surface area contributed by atoms with E-state index in [-0.39, 0.29) is 5.38 Å². The van der Waals surface area contributed by atoms with Gasteiger partial charge in [-0.15, -0.1) is 16.7 Å². The summed E-state index contributed by atoms with van der Waals surface area (Å²) in [5, 5.41) is 10.5. The molecule has 1 aliphatic carbocycles. The fourth-order valence-electron chi connectivity index (χ4n) is 1.26. The standard InChI is InChI=1S/C9H14ClN3O/c1-6(10)8-12-13-9(14-8)11-5-4-7-2-3-7/h6-7H,2-5H2,1H3,(H,11,13). The van der Waals surface area contributed by atoms with Crippen LogP contribution < -0.4 is 5.32 Å². The number of alkyl halides is 1. The Kier molecular flexibility index (Phi) is 2.91. The van der Waals surface area contributed by atoms with Crippen molar-refractivity contribution < 1.29 is 4.42 Å². The lowest BCUT2D eigenvalue weighted by Gasteiger charge is -1.98. The predicted molar refractivity (Wildman–Crippen MR) is 54.4 cm³/mol. The minimum Gasteiger partial charge on any atom is -0.407 e. The lowest BCUT2D eigenvalue weighted by atomic mass is 10.3. The van der Waals surface area contributed by atoms with Crippen molar-refractivity contribution in [1.29, 1.82) is 0 Å². The third-order valence-electron chi connectivity index (χ3n) is 2.31. The van der Waals surface area contributed by atoms with Crippen molar-refractivity contribution >= 4 is 17.6 Å². The lowest BCUT2D eigenvalue weighted by Crippen LogP contribution is -2.02. The highest BCUT2D eigenvalue weighted by molar-refractivity contribution is 6.20. The van der Waals surface area contributed by atoms with Gasteiger partial charge in [0.1, 0.15) is 5.38 Å². The van der Waals surface area contributed by atoms with Crippen LogP contribution in [0.25, 0.3) is 0 Å². The molecule has 1 aromatic heterocycles. The highest BCUT2D eigenvalue weighted by Crippen LogP contribution is 2.32. The fourth-order valence-corrected chi connectivity index (χ4v) is 1.34. The average molecular weight is 216 g/mol. The van der Waals surface area contributed by atoms with Gasteiger partial charge in [0.15, 0.2) is 0 Å². The van der Waals surface area contributed by atoms with Crippen LogP contribution in [0.5, 0.6) is 0 Å². The minimum atomic E-state index is -0.221. The van der Waals surface area contributed by atoms with E-state index in [1.54, 1.807) is 0 Å². The maximum Gasteiger partial charge on any atom is 0.315 e. The van der Waals surface area contributed by atoms with E-state index in [2.05, 4.69) is 15.5 Å². The first-order chi connectivity index (χ1) is 6.75. The fraction of sp³-hybridized carbons (Fsp3) is 0.778. The second-order valence-corrected chi connectivity index (χ2v) is 4.37.